The molecule has 7 heteroatoms. The number of hydrogen-bond acceptors (Lipinski definition) is 3. The van der Waals surface area contributed by atoms with Gasteiger partial charge in [0.1, 0.15) is 0 Å². The standard InChI is InChI=1S/C27H32ClN3O3/c1-18-14-19(2)16-31(15-18)27(34)23-7-3-4-8-24(23)29-25(32)21-6-5-13-30(17-21)26(33)20-9-11-22(28)12-10-20/h3-4,7-12,18-19,21H,5-6,13-17H2,1-2H3,(H,29,32). The van der Waals surface area contributed by atoms with Gasteiger partial charge >= 0.3 is 0 Å². The van der Waals surface area contributed by atoms with Crippen molar-refractivity contribution < 1.29 is 14.4 Å². The highest BCUT2D eigenvalue weighted by atomic mass is 35.5. The summed E-state index contributed by atoms with van der Waals surface area (Å²) in [6.07, 6.45) is 2.57. The Labute approximate surface area is 206 Å². The van der Waals surface area contributed by atoms with E-state index in [4.69, 9.17) is 11.6 Å². The van der Waals surface area contributed by atoms with Crippen LogP contribution in [0.25, 0.3) is 0 Å². The topological polar surface area (TPSA) is 69.7 Å². The number of halogens is 1. The van der Waals surface area contributed by atoms with E-state index in [1.807, 2.05) is 17.0 Å². The van der Waals surface area contributed by atoms with Crippen LogP contribution in [0.3, 0.4) is 0 Å². The number of benzene rings is 2. The number of piperidine rings is 2. The Kier molecular flexibility index (Phi) is 7.57. The maximum absolute atomic E-state index is 13.3. The van der Waals surface area contributed by atoms with Crippen LogP contribution in [-0.4, -0.2) is 53.7 Å². The number of hydrogen-bond donors (Lipinski definition) is 1. The second kappa shape index (κ2) is 10.6. The molecule has 2 aliphatic heterocycles. The zero-order chi connectivity index (χ0) is 24.2. The molecule has 0 bridgehead atoms. The van der Waals surface area contributed by atoms with Crippen molar-refractivity contribution in [3.8, 4) is 0 Å². The van der Waals surface area contributed by atoms with Gasteiger partial charge in [-0.2, -0.15) is 0 Å². The third-order valence-corrected chi connectivity index (χ3v) is 6.99. The Morgan fingerprint density at radius 3 is 2.26 bits per heavy atom. The fourth-order valence-electron chi connectivity index (χ4n) is 5.16. The van der Waals surface area contributed by atoms with E-state index in [-0.39, 0.29) is 23.6 Å². The van der Waals surface area contributed by atoms with Crippen LogP contribution in [-0.2, 0) is 4.79 Å². The van der Waals surface area contributed by atoms with E-state index in [1.54, 1.807) is 41.3 Å². The predicted molar refractivity (Wildman–Crippen MR) is 134 cm³/mol. The SMILES string of the molecule is CC1CC(C)CN(C(=O)c2ccccc2NC(=O)C2CCCN(C(=O)c3ccc(Cl)cc3)C2)C1. The summed E-state index contributed by atoms with van der Waals surface area (Å²) in [6, 6.07) is 14.0. The lowest BCUT2D eigenvalue weighted by Gasteiger charge is -2.35. The molecule has 1 N–H and O–H groups in total. The minimum Gasteiger partial charge on any atom is -0.338 e. The molecular formula is C27H32ClN3O3. The highest BCUT2D eigenvalue weighted by Gasteiger charge is 2.31. The minimum atomic E-state index is -0.330. The smallest absolute Gasteiger partial charge is 0.255 e. The number of carbonyl (C=O) groups excluding carboxylic acids is 3. The van der Waals surface area contributed by atoms with E-state index in [9.17, 15) is 14.4 Å². The van der Waals surface area contributed by atoms with Gasteiger partial charge < -0.3 is 15.1 Å². The van der Waals surface area contributed by atoms with E-state index < -0.39 is 0 Å². The molecule has 0 spiro atoms. The second-order valence-electron chi connectivity index (χ2n) is 9.79. The van der Waals surface area contributed by atoms with Gasteiger partial charge in [-0.25, -0.2) is 0 Å². The summed E-state index contributed by atoms with van der Waals surface area (Å²) in [7, 11) is 0. The molecule has 3 unspecified atom stereocenters. The fraction of sp³-hybridized carbons (Fsp3) is 0.444. The van der Waals surface area contributed by atoms with Gasteiger partial charge in [-0.1, -0.05) is 37.6 Å². The summed E-state index contributed by atoms with van der Waals surface area (Å²) < 4.78 is 0. The lowest BCUT2D eigenvalue weighted by molar-refractivity contribution is -0.121. The molecule has 3 amide bonds. The van der Waals surface area contributed by atoms with E-state index >= 15 is 0 Å². The van der Waals surface area contributed by atoms with Gasteiger partial charge in [-0.15, -0.1) is 0 Å². The maximum Gasteiger partial charge on any atom is 0.255 e. The normalized spacial score (nSPS) is 22.9. The number of rotatable bonds is 4. The van der Waals surface area contributed by atoms with Gasteiger partial charge in [0.2, 0.25) is 5.91 Å². The molecule has 0 aliphatic carbocycles. The van der Waals surface area contributed by atoms with Crippen molar-refractivity contribution in [3.63, 3.8) is 0 Å². The van der Waals surface area contributed by atoms with Crippen molar-refractivity contribution in [2.24, 2.45) is 17.8 Å². The summed E-state index contributed by atoms with van der Waals surface area (Å²) in [4.78, 5) is 43.0. The first kappa shape index (κ1) is 24.3. The molecule has 2 aromatic rings. The first-order valence-electron chi connectivity index (χ1n) is 12.1. The van der Waals surface area contributed by atoms with E-state index in [0.717, 1.165) is 25.9 Å². The molecule has 2 fully saturated rings. The summed E-state index contributed by atoms with van der Waals surface area (Å²) in [5.41, 5.74) is 1.61. The van der Waals surface area contributed by atoms with Gasteiger partial charge in [0.15, 0.2) is 0 Å². The summed E-state index contributed by atoms with van der Waals surface area (Å²) in [5.74, 6) is 0.287. The maximum atomic E-state index is 13.3. The predicted octanol–water partition coefficient (Wildman–Crippen LogP) is 4.95. The van der Waals surface area contributed by atoms with Crippen LogP contribution < -0.4 is 5.32 Å². The van der Waals surface area contributed by atoms with Crippen molar-refractivity contribution in [2.75, 3.05) is 31.5 Å². The van der Waals surface area contributed by atoms with Crippen molar-refractivity contribution in [1.82, 2.24) is 9.80 Å². The van der Waals surface area contributed by atoms with E-state index in [1.165, 1.54) is 0 Å². The third kappa shape index (κ3) is 5.61. The fourth-order valence-corrected chi connectivity index (χ4v) is 5.29. The lowest BCUT2D eigenvalue weighted by Crippen LogP contribution is -2.44. The Bertz CT molecular complexity index is 1050. The van der Waals surface area contributed by atoms with Crippen molar-refractivity contribution in [1.29, 1.82) is 0 Å². The molecule has 2 aliphatic rings. The lowest BCUT2D eigenvalue weighted by atomic mass is 9.91. The van der Waals surface area contributed by atoms with Gasteiger partial charge in [0.05, 0.1) is 17.2 Å². The van der Waals surface area contributed by atoms with Crippen molar-refractivity contribution in [2.45, 2.75) is 33.1 Å². The number of para-hydroxylation sites is 1. The molecular weight excluding hydrogens is 450 g/mol. The van der Waals surface area contributed by atoms with Crippen molar-refractivity contribution in [3.05, 3.63) is 64.7 Å². The number of nitrogens with one attached hydrogen (secondary N) is 1. The summed E-state index contributed by atoms with van der Waals surface area (Å²) in [6.45, 7) is 6.77. The van der Waals surface area contributed by atoms with Crippen LogP contribution in [0.2, 0.25) is 5.02 Å². The molecule has 3 atom stereocenters. The highest BCUT2D eigenvalue weighted by Crippen LogP contribution is 2.26. The first-order valence-corrected chi connectivity index (χ1v) is 12.4. The van der Waals surface area contributed by atoms with Gasteiger partial charge in [-0.05, 0) is 67.5 Å². The zero-order valence-electron chi connectivity index (χ0n) is 19.8. The monoisotopic (exact) mass is 481 g/mol. The molecule has 0 saturated carbocycles. The molecule has 34 heavy (non-hydrogen) atoms. The molecule has 0 radical (unpaired) electrons. The van der Waals surface area contributed by atoms with Crippen LogP contribution in [0.1, 0.15) is 53.8 Å². The summed E-state index contributed by atoms with van der Waals surface area (Å²) >= 11 is 5.94. The van der Waals surface area contributed by atoms with E-state index in [0.29, 0.717) is 53.2 Å². The summed E-state index contributed by atoms with van der Waals surface area (Å²) in [5, 5.41) is 3.57. The average Bonchev–Trinajstić information content (AvgIpc) is 2.83. The third-order valence-electron chi connectivity index (χ3n) is 6.74. The Morgan fingerprint density at radius 2 is 1.56 bits per heavy atom. The first-order chi connectivity index (χ1) is 16.3. The number of amides is 3. The number of nitrogens with zero attached hydrogens (tertiary/aromatic N) is 2. The van der Waals surface area contributed by atoms with E-state index in [2.05, 4.69) is 19.2 Å². The zero-order valence-corrected chi connectivity index (χ0v) is 20.6. The molecule has 0 aromatic heterocycles. The molecule has 4 rings (SSSR count). The van der Waals surface area contributed by atoms with Gasteiger partial charge in [0, 0.05) is 36.8 Å². The van der Waals surface area contributed by atoms with Crippen molar-refractivity contribution >= 4 is 35.0 Å². The van der Waals surface area contributed by atoms with Crippen LogP contribution in [0.15, 0.2) is 48.5 Å². The molecule has 2 saturated heterocycles. The molecule has 180 valence electrons. The number of likely N-dealkylation sites (tertiary alicyclic amines) is 2. The Hall–Kier alpha value is -2.86. The van der Waals surface area contributed by atoms with Gasteiger partial charge in [0.25, 0.3) is 11.8 Å². The molecule has 6 nitrogen and oxygen atoms in total. The second-order valence-corrected chi connectivity index (χ2v) is 10.2. The highest BCUT2D eigenvalue weighted by molar-refractivity contribution is 6.30. The Balaban J connectivity index is 1.44. The molecule has 2 heterocycles. The van der Waals surface area contributed by atoms with Crippen LogP contribution in [0.5, 0.6) is 0 Å². The van der Waals surface area contributed by atoms with Gasteiger partial charge in [-0.3, -0.25) is 14.4 Å². The number of anilines is 1. The van der Waals surface area contributed by atoms with Crippen LogP contribution >= 0.6 is 11.6 Å². The largest absolute Gasteiger partial charge is 0.338 e. The quantitative estimate of drug-likeness (QED) is 0.671. The van der Waals surface area contributed by atoms with Crippen LogP contribution in [0.4, 0.5) is 5.69 Å². The Morgan fingerprint density at radius 1 is 0.882 bits per heavy atom. The molecule has 2 aromatic carbocycles. The van der Waals surface area contributed by atoms with Crippen LogP contribution in [0, 0.1) is 17.8 Å². The minimum absolute atomic E-state index is 0.0440. The number of carbonyl (C=O) groups is 3. The average molecular weight is 482 g/mol.